The number of nitrogens with two attached hydrogens (primary N) is 1. The van der Waals surface area contributed by atoms with Crippen LogP contribution in [0.15, 0.2) is 36.4 Å². The van der Waals surface area contributed by atoms with Gasteiger partial charge in [-0.15, -0.1) is 0 Å². The minimum absolute atomic E-state index is 0.190. The Labute approximate surface area is 109 Å². The molecule has 0 saturated heterocycles. The Morgan fingerprint density at radius 3 is 2.42 bits per heavy atom. The van der Waals surface area contributed by atoms with Crippen LogP contribution in [0.2, 0.25) is 0 Å². The van der Waals surface area contributed by atoms with E-state index < -0.39 is 5.82 Å². The highest BCUT2D eigenvalue weighted by molar-refractivity contribution is 5.70. The van der Waals surface area contributed by atoms with Crippen molar-refractivity contribution in [1.29, 1.82) is 10.5 Å². The monoisotopic (exact) mass is 252 g/mol. The topological polar surface area (TPSA) is 85.6 Å². The first-order valence-corrected chi connectivity index (χ1v) is 5.40. The van der Waals surface area contributed by atoms with Crippen LogP contribution in [0.4, 0.5) is 21.5 Å². The van der Waals surface area contributed by atoms with Crippen LogP contribution >= 0.6 is 0 Å². The summed E-state index contributed by atoms with van der Waals surface area (Å²) < 4.78 is 13.0. The third-order valence-corrected chi connectivity index (χ3v) is 2.55. The second kappa shape index (κ2) is 5.07. The lowest BCUT2D eigenvalue weighted by atomic mass is 10.1. The Balaban J connectivity index is 2.37. The molecule has 0 atom stereocenters. The summed E-state index contributed by atoms with van der Waals surface area (Å²) in [4.78, 5) is 0. The summed E-state index contributed by atoms with van der Waals surface area (Å²) in [5.41, 5.74) is 7.60. The molecule has 0 bridgehead atoms. The molecule has 0 spiro atoms. The summed E-state index contributed by atoms with van der Waals surface area (Å²) in [7, 11) is 0. The number of anilines is 3. The van der Waals surface area contributed by atoms with Crippen molar-refractivity contribution in [3.63, 3.8) is 0 Å². The largest absolute Gasteiger partial charge is 0.398 e. The summed E-state index contributed by atoms with van der Waals surface area (Å²) in [6, 6.07) is 12.6. The second-order valence-corrected chi connectivity index (χ2v) is 3.84. The van der Waals surface area contributed by atoms with Gasteiger partial charge in [0.05, 0.1) is 16.8 Å². The fourth-order valence-corrected chi connectivity index (χ4v) is 1.60. The smallest absolute Gasteiger partial charge is 0.124 e. The van der Waals surface area contributed by atoms with Gasteiger partial charge in [0.15, 0.2) is 0 Å². The van der Waals surface area contributed by atoms with Crippen LogP contribution in [-0.2, 0) is 0 Å². The fraction of sp³-hybridized carbons (Fsp3) is 0. The summed E-state index contributed by atoms with van der Waals surface area (Å²) in [6.07, 6.45) is 0. The van der Waals surface area contributed by atoms with Gasteiger partial charge in [-0.05, 0) is 36.4 Å². The van der Waals surface area contributed by atoms with Crippen molar-refractivity contribution in [2.24, 2.45) is 0 Å². The number of nitrogen functional groups attached to an aromatic ring is 1. The highest BCUT2D eigenvalue weighted by Crippen LogP contribution is 2.24. The Hall–Kier alpha value is -3.05. The maximum atomic E-state index is 13.0. The lowest BCUT2D eigenvalue weighted by Gasteiger charge is -2.09. The van der Waals surface area contributed by atoms with E-state index in [0.717, 1.165) is 6.07 Å². The zero-order chi connectivity index (χ0) is 13.8. The van der Waals surface area contributed by atoms with E-state index in [1.807, 2.05) is 12.1 Å². The molecule has 0 saturated carbocycles. The molecule has 0 aliphatic carbocycles. The number of nitriles is 2. The standard InChI is InChI=1S/C14H9FN4/c15-11-1-4-14(10(5-11)8-17)19-12-2-3-13(18)9(6-12)7-16/h1-6,19H,18H2. The van der Waals surface area contributed by atoms with Crippen molar-refractivity contribution in [2.45, 2.75) is 0 Å². The molecule has 0 radical (unpaired) electrons. The molecule has 4 nitrogen and oxygen atoms in total. The Morgan fingerprint density at radius 2 is 1.74 bits per heavy atom. The van der Waals surface area contributed by atoms with E-state index in [2.05, 4.69) is 5.32 Å². The quantitative estimate of drug-likeness (QED) is 0.804. The lowest BCUT2D eigenvalue weighted by molar-refractivity contribution is 0.627. The number of hydrogen-bond acceptors (Lipinski definition) is 4. The lowest BCUT2D eigenvalue weighted by Crippen LogP contribution is -1.97. The van der Waals surface area contributed by atoms with Crippen LogP contribution in [0, 0.1) is 28.5 Å². The summed E-state index contributed by atoms with van der Waals surface area (Å²) in [5, 5.41) is 20.8. The number of benzene rings is 2. The van der Waals surface area contributed by atoms with Gasteiger partial charge >= 0.3 is 0 Å². The maximum absolute atomic E-state index is 13.0. The summed E-state index contributed by atoms with van der Waals surface area (Å²) in [5.74, 6) is -0.475. The number of rotatable bonds is 2. The summed E-state index contributed by atoms with van der Waals surface area (Å²) in [6.45, 7) is 0. The highest BCUT2D eigenvalue weighted by atomic mass is 19.1. The molecule has 19 heavy (non-hydrogen) atoms. The van der Waals surface area contributed by atoms with Gasteiger partial charge < -0.3 is 11.1 Å². The molecular formula is C14H9FN4. The van der Waals surface area contributed by atoms with E-state index in [1.54, 1.807) is 18.2 Å². The van der Waals surface area contributed by atoms with Gasteiger partial charge in [0.1, 0.15) is 18.0 Å². The van der Waals surface area contributed by atoms with Gasteiger partial charge in [-0.25, -0.2) is 4.39 Å². The molecule has 92 valence electrons. The van der Waals surface area contributed by atoms with Gasteiger partial charge in [0.25, 0.3) is 0 Å². The van der Waals surface area contributed by atoms with Crippen LogP contribution in [0.25, 0.3) is 0 Å². The van der Waals surface area contributed by atoms with Crippen molar-refractivity contribution in [2.75, 3.05) is 11.1 Å². The zero-order valence-corrected chi connectivity index (χ0v) is 9.81. The Kier molecular flexibility index (Phi) is 3.31. The van der Waals surface area contributed by atoms with Gasteiger partial charge in [0.2, 0.25) is 0 Å². The fourth-order valence-electron chi connectivity index (χ4n) is 1.60. The molecule has 0 fully saturated rings. The van der Waals surface area contributed by atoms with E-state index in [4.69, 9.17) is 16.3 Å². The molecule has 0 amide bonds. The van der Waals surface area contributed by atoms with E-state index >= 15 is 0 Å². The number of nitrogens with one attached hydrogen (secondary N) is 1. The van der Waals surface area contributed by atoms with Crippen molar-refractivity contribution < 1.29 is 4.39 Å². The third kappa shape index (κ3) is 2.62. The molecule has 2 rings (SSSR count). The van der Waals surface area contributed by atoms with E-state index in [9.17, 15) is 4.39 Å². The molecule has 0 unspecified atom stereocenters. The minimum Gasteiger partial charge on any atom is -0.398 e. The number of hydrogen-bond donors (Lipinski definition) is 2. The Morgan fingerprint density at radius 1 is 1.00 bits per heavy atom. The van der Waals surface area contributed by atoms with Crippen molar-refractivity contribution >= 4 is 17.1 Å². The van der Waals surface area contributed by atoms with Crippen LogP contribution in [0.1, 0.15) is 11.1 Å². The first-order valence-electron chi connectivity index (χ1n) is 5.40. The van der Waals surface area contributed by atoms with Crippen LogP contribution in [-0.4, -0.2) is 0 Å². The first kappa shape index (κ1) is 12.4. The van der Waals surface area contributed by atoms with Gasteiger partial charge in [-0.3, -0.25) is 0 Å². The number of nitrogens with zero attached hydrogens (tertiary/aromatic N) is 2. The zero-order valence-electron chi connectivity index (χ0n) is 9.81. The minimum atomic E-state index is -0.475. The molecule has 2 aromatic carbocycles. The summed E-state index contributed by atoms with van der Waals surface area (Å²) >= 11 is 0. The molecule has 0 aliphatic heterocycles. The molecular weight excluding hydrogens is 243 g/mol. The van der Waals surface area contributed by atoms with Crippen molar-refractivity contribution in [3.05, 3.63) is 53.3 Å². The van der Waals surface area contributed by atoms with Crippen LogP contribution in [0.5, 0.6) is 0 Å². The van der Waals surface area contributed by atoms with Crippen molar-refractivity contribution in [3.8, 4) is 12.1 Å². The van der Waals surface area contributed by atoms with E-state index in [0.29, 0.717) is 22.6 Å². The van der Waals surface area contributed by atoms with Gasteiger partial charge in [-0.1, -0.05) is 0 Å². The molecule has 3 N–H and O–H groups in total. The molecule has 0 aliphatic rings. The van der Waals surface area contributed by atoms with E-state index in [-0.39, 0.29) is 5.56 Å². The second-order valence-electron chi connectivity index (χ2n) is 3.84. The maximum Gasteiger partial charge on any atom is 0.124 e. The normalized spacial score (nSPS) is 9.42. The predicted molar refractivity (Wildman–Crippen MR) is 70.0 cm³/mol. The van der Waals surface area contributed by atoms with Crippen LogP contribution in [0.3, 0.4) is 0 Å². The van der Waals surface area contributed by atoms with Gasteiger partial charge in [-0.2, -0.15) is 10.5 Å². The van der Waals surface area contributed by atoms with Crippen LogP contribution < -0.4 is 11.1 Å². The average Bonchev–Trinajstić information content (AvgIpc) is 2.42. The predicted octanol–water partition coefficient (Wildman–Crippen LogP) is 2.89. The van der Waals surface area contributed by atoms with Crippen molar-refractivity contribution in [1.82, 2.24) is 0 Å². The Bertz CT molecular complexity index is 710. The first-order chi connectivity index (χ1) is 9.13. The SMILES string of the molecule is N#Cc1cc(Nc2ccc(F)cc2C#N)ccc1N. The molecule has 0 heterocycles. The average molecular weight is 252 g/mol. The van der Waals surface area contributed by atoms with E-state index in [1.165, 1.54) is 12.1 Å². The number of halogens is 1. The molecule has 0 aromatic heterocycles. The molecule has 2 aromatic rings. The van der Waals surface area contributed by atoms with Gasteiger partial charge in [0, 0.05) is 11.4 Å². The molecule has 5 heteroatoms. The third-order valence-electron chi connectivity index (χ3n) is 2.55. The highest BCUT2D eigenvalue weighted by Gasteiger charge is 2.05.